The topological polar surface area (TPSA) is 113 Å². The van der Waals surface area contributed by atoms with E-state index in [9.17, 15) is 18.0 Å². The number of carboxylic acid groups (broad SMARTS) is 1. The molecule has 0 heterocycles. The SMILES string of the molecule is C=CCNS(=O)(=O)c1cccc(C(=O)NC(CCC)C(=O)O)c1. The molecule has 0 fully saturated rings. The highest BCUT2D eigenvalue weighted by atomic mass is 32.2. The number of aliphatic carboxylic acids is 1. The molecule has 7 nitrogen and oxygen atoms in total. The molecule has 126 valence electrons. The van der Waals surface area contributed by atoms with Crippen molar-refractivity contribution in [1.29, 1.82) is 0 Å². The second-order valence-corrected chi connectivity index (χ2v) is 6.59. The first kappa shape index (κ1) is 18.9. The summed E-state index contributed by atoms with van der Waals surface area (Å²) in [5.74, 6) is -1.76. The lowest BCUT2D eigenvalue weighted by Crippen LogP contribution is -2.40. The van der Waals surface area contributed by atoms with E-state index in [1.54, 1.807) is 6.92 Å². The minimum Gasteiger partial charge on any atom is -0.480 e. The molecule has 0 aliphatic carbocycles. The third kappa shape index (κ3) is 5.50. The number of hydrogen-bond donors (Lipinski definition) is 3. The highest BCUT2D eigenvalue weighted by Gasteiger charge is 2.21. The minimum atomic E-state index is -3.75. The minimum absolute atomic E-state index is 0.0658. The van der Waals surface area contributed by atoms with Gasteiger partial charge in [0, 0.05) is 12.1 Å². The summed E-state index contributed by atoms with van der Waals surface area (Å²) in [6.07, 6.45) is 2.29. The molecule has 8 heteroatoms. The Labute approximate surface area is 135 Å². The molecule has 1 aromatic rings. The Balaban J connectivity index is 2.97. The highest BCUT2D eigenvalue weighted by molar-refractivity contribution is 7.89. The van der Waals surface area contributed by atoms with Crippen LogP contribution < -0.4 is 10.0 Å². The monoisotopic (exact) mass is 340 g/mol. The molecule has 3 N–H and O–H groups in total. The lowest BCUT2D eigenvalue weighted by atomic mass is 10.1. The van der Waals surface area contributed by atoms with Gasteiger partial charge in [-0.3, -0.25) is 4.79 Å². The van der Waals surface area contributed by atoms with Gasteiger partial charge in [0.15, 0.2) is 0 Å². The maximum atomic E-state index is 12.1. The predicted octanol–water partition coefficient (Wildman–Crippen LogP) is 1.13. The molecule has 0 spiro atoms. The summed E-state index contributed by atoms with van der Waals surface area (Å²) in [6.45, 7) is 5.30. The van der Waals surface area contributed by atoms with Gasteiger partial charge in [-0.1, -0.05) is 25.5 Å². The Morgan fingerprint density at radius 1 is 1.39 bits per heavy atom. The average molecular weight is 340 g/mol. The molecular formula is C15H20N2O5S. The number of rotatable bonds is 9. The molecule has 23 heavy (non-hydrogen) atoms. The summed E-state index contributed by atoms with van der Waals surface area (Å²) in [6, 6.07) is 4.39. The van der Waals surface area contributed by atoms with Crippen LogP contribution in [0.15, 0.2) is 41.8 Å². The fourth-order valence-electron chi connectivity index (χ4n) is 1.84. The third-order valence-electron chi connectivity index (χ3n) is 3.00. The summed E-state index contributed by atoms with van der Waals surface area (Å²) < 4.78 is 26.3. The van der Waals surface area contributed by atoms with Crippen molar-refractivity contribution in [2.24, 2.45) is 0 Å². The normalized spacial score (nSPS) is 12.4. The van der Waals surface area contributed by atoms with E-state index in [4.69, 9.17) is 5.11 Å². The van der Waals surface area contributed by atoms with Gasteiger partial charge in [-0.25, -0.2) is 17.9 Å². The summed E-state index contributed by atoms with van der Waals surface area (Å²) in [5.41, 5.74) is 0.0776. The van der Waals surface area contributed by atoms with Gasteiger partial charge in [0.1, 0.15) is 6.04 Å². The lowest BCUT2D eigenvalue weighted by molar-refractivity contribution is -0.139. The van der Waals surface area contributed by atoms with Gasteiger partial charge in [-0.15, -0.1) is 6.58 Å². The van der Waals surface area contributed by atoms with E-state index in [1.807, 2.05) is 0 Å². The zero-order chi connectivity index (χ0) is 17.5. The van der Waals surface area contributed by atoms with Gasteiger partial charge in [0.25, 0.3) is 5.91 Å². The van der Waals surface area contributed by atoms with Crippen LogP contribution in [0, 0.1) is 0 Å². The van der Waals surface area contributed by atoms with Crippen LogP contribution in [0.25, 0.3) is 0 Å². The summed E-state index contributed by atoms with van der Waals surface area (Å²) in [7, 11) is -3.75. The van der Waals surface area contributed by atoms with E-state index in [2.05, 4.69) is 16.6 Å². The van der Waals surface area contributed by atoms with Crippen molar-refractivity contribution < 1.29 is 23.1 Å². The molecular weight excluding hydrogens is 320 g/mol. The average Bonchev–Trinajstić information content (AvgIpc) is 2.52. The fourth-order valence-corrected chi connectivity index (χ4v) is 2.89. The van der Waals surface area contributed by atoms with Crippen LogP contribution in [0.1, 0.15) is 30.1 Å². The van der Waals surface area contributed by atoms with E-state index in [0.717, 1.165) is 0 Å². The standard InChI is InChI=1S/C15H20N2O5S/c1-3-6-13(15(19)20)17-14(18)11-7-5-8-12(10-11)23(21,22)16-9-4-2/h4-5,7-8,10,13,16H,2-3,6,9H2,1H3,(H,17,18)(H,19,20). The second kappa shape index (κ2) is 8.44. The van der Waals surface area contributed by atoms with Gasteiger partial charge in [0.2, 0.25) is 10.0 Å². The molecule has 0 aromatic heterocycles. The second-order valence-electron chi connectivity index (χ2n) is 4.82. The molecule has 1 unspecified atom stereocenters. The van der Waals surface area contributed by atoms with Crippen molar-refractivity contribution in [3.63, 3.8) is 0 Å². The van der Waals surface area contributed by atoms with Crippen molar-refractivity contribution in [3.8, 4) is 0 Å². The van der Waals surface area contributed by atoms with Crippen LogP contribution in [-0.2, 0) is 14.8 Å². The van der Waals surface area contributed by atoms with Crippen LogP contribution in [0.3, 0.4) is 0 Å². The van der Waals surface area contributed by atoms with Crippen molar-refractivity contribution in [2.45, 2.75) is 30.7 Å². The largest absolute Gasteiger partial charge is 0.480 e. The van der Waals surface area contributed by atoms with E-state index in [1.165, 1.54) is 30.3 Å². The van der Waals surface area contributed by atoms with Crippen molar-refractivity contribution in [1.82, 2.24) is 10.0 Å². The molecule has 1 atom stereocenters. The summed E-state index contributed by atoms with van der Waals surface area (Å²) in [5, 5.41) is 11.4. The van der Waals surface area contributed by atoms with Crippen LogP contribution in [0.4, 0.5) is 0 Å². The van der Waals surface area contributed by atoms with Gasteiger partial charge in [-0.2, -0.15) is 0 Å². The number of hydrogen-bond acceptors (Lipinski definition) is 4. The molecule has 1 aromatic carbocycles. The number of benzene rings is 1. The van der Waals surface area contributed by atoms with Gasteiger partial charge >= 0.3 is 5.97 Å². The van der Waals surface area contributed by atoms with E-state index < -0.39 is 27.9 Å². The zero-order valence-corrected chi connectivity index (χ0v) is 13.6. The first-order valence-corrected chi connectivity index (χ1v) is 8.54. The van der Waals surface area contributed by atoms with Crippen LogP contribution in [0.2, 0.25) is 0 Å². The number of amides is 1. The first-order valence-electron chi connectivity index (χ1n) is 7.06. The molecule has 0 aliphatic rings. The van der Waals surface area contributed by atoms with Crippen molar-refractivity contribution in [3.05, 3.63) is 42.5 Å². The first-order chi connectivity index (χ1) is 10.8. The van der Waals surface area contributed by atoms with Crippen LogP contribution in [-0.4, -0.2) is 38.0 Å². The Morgan fingerprint density at radius 3 is 2.65 bits per heavy atom. The fraction of sp³-hybridized carbons (Fsp3) is 0.333. The smallest absolute Gasteiger partial charge is 0.326 e. The van der Waals surface area contributed by atoms with Crippen molar-refractivity contribution >= 4 is 21.9 Å². The zero-order valence-electron chi connectivity index (χ0n) is 12.8. The third-order valence-corrected chi connectivity index (χ3v) is 4.43. The van der Waals surface area contributed by atoms with E-state index in [0.29, 0.717) is 12.8 Å². The number of carboxylic acids is 1. The molecule has 1 rings (SSSR count). The van der Waals surface area contributed by atoms with Crippen LogP contribution in [0.5, 0.6) is 0 Å². The Kier molecular flexibility index (Phi) is 6.92. The van der Waals surface area contributed by atoms with Crippen molar-refractivity contribution in [2.75, 3.05) is 6.54 Å². The number of carbonyl (C=O) groups excluding carboxylic acids is 1. The van der Waals surface area contributed by atoms with E-state index in [-0.39, 0.29) is 17.0 Å². The number of nitrogens with one attached hydrogen (secondary N) is 2. The highest BCUT2D eigenvalue weighted by Crippen LogP contribution is 2.12. The van der Waals surface area contributed by atoms with Gasteiger partial charge in [-0.05, 0) is 24.6 Å². The predicted molar refractivity (Wildman–Crippen MR) is 85.6 cm³/mol. The number of sulfonamides is 1. The summed E-state index contributed by atoms with van der Waals surface area (Å²) in [4.78, 5) is 23.1. The molecule has 0 bridgehead atoms. The van der Waals surface area contributed by atoms with Gasteiger partial charge in [0.05, 0.1) is 4.90 Å². The molecule has 0 aliphatic heterocycles. The molecule has 0 saturated heterocycles. The number of carbonyl (C=O) groups is 2. The lowest BCUT2D eigenvalue weighted by Gasteiger charge is -2.14. The van der Waals surface area contributed by atoms with Crippen LogP contribution >= 0.6 is 0 Å². The molecule has 0 saturated carbocycles. The maximum absolute atomic E-state index is 12.1. The van der Waals surface area contributed by atoms with Gasteiger partial charge < -0.3 is 10.4 Å². The summed E-state index contributed by atoms with van der Waals surface area (Å²) >= 11 is 0. The maximum Gasteiger partial charge on any atom is 0.326 e. The Hall–Kier alpha value is -2.19. The van der Waals surface area contributed by atoms with E-state index >= 15 is 0 Å². The quantitative estimate of drug-likeness (QED) is 0.583. The Bertz CT molecular complexity index is 685. The Morgan fingerprint density at radius 2 is 2.09 bits per heavy atom. The molecule has 0 radical (unpaired) electrons. The molecule has 1 amide bonds.